The first kappa shape index (κ1) is 11.7. The van der Waals surface area contributed by atoms with Gasteiger partial charge in [-0.2, -0.15) is 0 Å². The van der Waals surface area contributed by atoms with Gasteiger partial charge in [-0.25, -0.2) is 4.39 Å². The fraction of sp³-hybridized carbons (Fsp3) is 0.364. The molecule has 1 aromatic rings. The highest BCUT2D eigenvalue weighted by atomic mass is 19.1. The van der Waals surface area contributed by atoms with Crippen LogP contribution < -0.4 is 10.6 Å². The summed E-state index contributed by atoms with van der Waals surface area (Å²) in [6.07, 6.45) is 0. The Bertz CT molecular complexity index is 352. The summed E-state index contributed by atoms with van der Waals surface area (Å²) in [5, 5.41) is 5.64. The molecule has 1 amide bonds. The predicted octanol–water partition coefficient (Wildman–Crippen LogP) is 1.08. The number of carbonyl (C=O) groups excluding carboxylic acids is 1. The summed E-state index contributed by atoms with van der Waals surface area (Å²) in [5.41, 5.74) is 0.973. The summed E-state index contributed by atoms with van der Waals surface area (Å²) in [4.78, 5) is 11.5. The number of benzene rings is 1. The van der Waals surface area contributed by atoms with Gasteiger partial charge >= 0.3 is 0 Å². The lowest BCUT2D eigenvalue weighted by atomic mass is 10.1. The Hall–Kier alpha value is -1.42. The third-order valence-corrected chi connectivity index (χ3v) is 2.08. The van der Waals surface area contributed by atoms with E-state index in [1.54, 1.807) is 13.0 Å². The molecule has 1 aromatic carbocycles. The molecule has 0 aliphatic carbocycles. The maximum absolute atomic E-state index is 12.9. The molecule has 1 rings (SSSR count). The lowest BCUT2D eigenvalue weighted by Gasteiger charge is -2.05. The summed E-state index contributed by atoms with van der Waals surface area (Å²) in [6, 6.07) is 4.34. The quantitative estimate of drug-likeness (QED) is 0.730. The van der Waals surface area contributed by atoms with Crippen molar-refractivity contribution >= 4 is 5.91 Å². The summed E-state index contributed by atoms with van der Waals surface area (Å²) < 4.78 is 12.9. The van der Waals surface area contributed by atoms with Gasteiger partial charge in [-0.05, 0) is 37.7 Å². The monoisotopic (exact) mass is 210 g/mol. The molecule has 0 unspecified atom stereocenters. The van der Waals surface area contributed by atoms with Crippen LogP contribution >= 0.6 is 0 Å². The average Bonchev–Trinajstić information content (AvgIpc) is 2.22. The summed E-state index contributed by atoms with van der Waals surface area (Å²) >= 11 is 0. The smallest absolute Gasteiger partial charge is 0.251 e. The minimum Gasteiger partial charge on any atom is -0.351 e. The predicted molar refractivity (Wildman–Crippen MR) is 57.4 cm³/mol. The summed E-state index contributed by atoms with van der Waals surface area (Å²) in [6.45, 7) is 2.91. The van der Waals surface area contributed by atoms with Crippen LogP contribution in [0.4, 0.5) is 4.39 Å². The van der Waals surface area contributed by atoms with Gasteiger partial charge in [0.1, 0.15) is 5.82 Å². The molecule has 0 atom stereocenters. The number of hydrogen-bond acceptors (Lipinski definition) is 2. The zero-order valence-corrected chi connectivity index (χ0v) is 8.93. The molecule has 2 N–H and O–H groups in total. The summed E-state index contributed by atoms with van der Waals surface area (Å²) in [5.74, 6) is -0.463. The Kier molecular flexibility index (Phi) is 4.24. The van der Waals surface area contributed by atoms with E-state index in [1.165, 1.54) is 12.1 Å². The fourth-order valence-corrected chi connectivity index (χ4v) is 1.19. The molecule has 82 valence electrons. The zero-order valence-electron chi connectivity index (χ0n) is 8.93. The van der Waals surface area contributed by atoms with E-state index in [2.05, 4.69) is 10.6 Å². The maximum Gasteiger partial charge on any atom is 0.251 e. The van der Waals surface area contributed by atoms with Crippen molar-refractivity contribution in [2.75, 3.05) is 20.1 Å². The SMILES string of the molecule is CNCCNC(=O)c1ccc(F)c(C)c1. The molecule has 0 fully saturated rings. The van der Waals surface area contributed by atoms with Crippen LogP contribution in [-0.2, 0) is 0 Å². The first-order valence-electron chi connectivity index (χ1n) is 4.84. The highest BCUT2D eigenvalue weighted by Crippen LogP contribution is 2.08. The number of hydrogen-bond donors (Lipinski definition) is 2. The molecule has 0 heterocycles. The molecule has 0 bridgehead atoms. The van der Waals surface area contributed by atoms with Crippen molar-refractivity contribution in [2.45, 2.75) is 6.92 Å². The van der Waals surface area contributed by atoms with Crippen LogP contribution in [0.1, 0.15) is 15.9 Å². The minimum atomic E-state index is -0.290. The molecule has 4 heteroatoms. The van der Waals surface area contributed by atoms with Crippen LogP contribution in [0.3, 0.4) is 0 Å². The molecule has 0 aliphatic rings. The molecule has 0 saturated heterocycles. The Labute approximate surface area is 88.7 Å². The Morgan fingerprint density at radius 2 is 2.13 bits per heavy atom. The van der Waals surface area contributed by atoms with E-state index in [1.807, 2.05) is 7.05 Å². The zero-order chi connectivity index (χ0) is 11.3. The number of halogens is 1. The van der Waals surface area contributed by atoms with Gasteiger partial charge in [0.2, 0.25) is 0 Å². The lowest BCUT2D eigenvalue weighted by Crippen LogP contribution is -2.30. The normalized spacial score (nSPS) is 10.1. The number of aryl methyl sites for hydroxylation is 1. The molecule has 0 aromatic heterocycles. The Morgan fingerprint density at radius 1 is 1.40 bits per heavy atom. The van der Waals surface area contributed by atoms with Crippen LogP contribution in [0.2, 0.25) is 0 Å². The Balaban J connectivity index is 2.62. The van der Waals surface area contributed by atoms with E-state index in [0.717, 1.165) is 0 Å². The van der Waals surface area contributed by atoms with Gasteiger partial charge in [-0.15, -0.1) is 0 Å². The number of amides is 1. The van der Waals surface area contributed by atoms with Gasteiger partial charge in [0.15, 0.2) is 0 Å². The Morgan fingerprint density at radius 3 is 2.73 bits per heavy atom. The average molecular weight is 210 g/mol. The van der Waals surface area contributed by atoms with Gasteiger partial charge in [-0.3, -0.25) is 4.79 Å². The third-order valence-electron chi connectivity index (χ3n) is 2.08. The van der Waals surface area contributed by atoms with Gasteiger partial charge in [0, 0.05) is 18.7 Å². The van der Waals surface area contributed by atoms with Crippen LogP contribution in [0.15, 0.2) is 18.2 Å². The number of likely N-dealkylation sites (N-methyl/N-ethyl adjacent to an activating group) is 1. The van der Waals surface area contributed by atoms with Crippen LogP contribution in [0, 0.1) is 12.7 Å². The molecule has 0 aliphatic heterocycles. The van der Waals surface area contributed by atoms with Crippen LogP contribution in [0.5, 0.6) is 0 Å². The highest BCUT2D eigenvalue weighted by Gasteiger charge is 2.06. The van der Waals surface area contributed by atoms with Crippen LogP contribution in [-0.4, -0.2) is 26.0 Å². The minimum absolute atomic E-state index is 0.173. The fourth-order valence-electron chi connectivity index (χ4n) is 1.19. The second kappa shape index (κ2) is 5.46. The topological polar surface area (TPSA) is 41.1 Å². The molecule has 0 saturated carbocycles. The van der Waals surface area contributed by atoms with Crippen LogP contribution in [0.25, 0.3) is 0 Å². The van der Waals surface area contributed by atoms with Gasteiger partial charge < -0.3 is 10.6 Å². The largest absolute Gasteiger partial charge is 0.351 e. The standard InChI is InChI=1S/C11H15FN2O/c1-8-7-9(3-4-10(8)12)11(15)14-6-5-13-2/h3-4,7,13H,5-6H2,1-2H3,(H,14,15). The second-order valence-corrected chi connectivity index (χ2v) is 3.32. The van der Waals surface area contributed by atoms with Gasteiger partial charge in [-0.1, -0.05) is 0 Å². The number of rotatable bonds is 4. The maximum atomic E-state index is 12.9. The molecule has 3 nitrogen and oxygen atoms in total. The molecular formula is C11H15FN2O. The van der Waals surface area contributed by atoms with E-state index >= 15 is 0 Å². The molecule has 0 radical (unpaired) electrons. The van der Waals surface area contributed by atoms with E-state index in [-0.39, 0.29) is 11.7 Å². The van der Waals surface area contributed by atoms with Crippen molar-refractivity contribution < 1.29 is 9.18 Å². The lowest BCUT2D eigenvalue weighted by molar-refractivity contribution is 0.0954. The van der Waals surface area contributed by atoms with E-state index < -0.39 is 0 Å². The van der Waals surface area contributed by atoms with E-state index in [9.17, 15) is 9.18 Å². The van der Waals surface area contributed by atoms with Crippen molar-refractivity contribution in [3.05, 3.63) is 35.1 Å². The first-order valence-corrected chi connectivity index (χ1v) is 4.84. The van der Waals surface area contributed by atoms with E-state index in [0.29, 0.717) is 24.2 Å². The highest BCUT2D eigenvalue weighted by molar-refractivity contribution is 5.94. The molecular weight excluding hydrogens is 195 g/mol. The van der Waals surface area contributed by atoms with Crippen molar-refractivity contribution in [3.8, 4) is 0 Å². The van der Waals surface area contributed by atoms with Gasteiger partial charge in [0.25, 0.3) is 5.91 Å². The first-order chi connectivity index (χ1) is 7.15. The van der Waals surface area contributed by atoms with Gasteiger partial charge in [0.05, 0.1) is 0 Å². The summed E-state index contributed by atoms with van der Waals surface area (Å²) in [7, 11) is 1.81. The molecule has 15 heavy (non-hydrogen) atoms. The van der Waals surface area contributed by atoms with Crippen molar-refractivity contribution in [2.24, 2.45) is 0 Å². The van der Waals surface area contributed by atoms with Crippen molar-refractivity contribution in [1.82, 2.24) is 10.6 Å². The third kappa shape index (κ3) is 3.32. The van der Waals surface area contributed by atoms with Crippen molar-refractivity contribution in [1.29, 1.82) is 0 Å². The van der Waals surface area contributed by atoms with E-state index in [4.69, 9.17) is 0 Å². The second-order valence-electron chi connectivity index (χ2n) is 3.32. The van der Waals surface area contributed by atoms with Crippen molar-refractivity contribution in [3.63, 3.8) is 0 Å². The number of nitrogens with one attached hydrogen (secondary N) is 2. The molecule has 0 spiro atoms. The number of carbonyl (C=O) groups is 1.